The molecule has 0 atom stereocenters. The molecule has 0 aliphatic rings. The van der Waals surface area contributed by atoms with Crippen LogP contribution >= 0.6 is 0 Å². The van der Waals surface area contributed by atoms with E-state index in [9.17, 15) is 0 Å². The van der Waals surface area contributed by atoms with Crippen LogP contribution in [0.5, 0.6) is 5.88 Å². The first kappa shape index (κ1) is 12.0. The molecule has 5 nitrogen and oxygen atoms in total. The average molecular weight is 352 g/mol. The van der Waals surface area contributed by atoms with Gasteiger partial charge in [0.2, 0.25) is 5.88 Å². The van der Waals surface area contributed by atoms with Crippen molar-refractivity contribution in [2.45, 2.75) is 13.8 Å². The van der Waals surface area contributed by atoms with Gasteiger partial charge in [-0.2, -0.15) is 4.98 Å². The summed E-state index contributed by atoms with van der Waals surface area (Å²) in [5, 5.41) is 9.04. The normalized spacial score (nSPS) is 8.46. The number of nitrogens with zero attached hydrogens (tertiary/aromatic N) is 3. The van der Waals surface area contributed by atoms with Gasteiger partial charge in [-0.15, -0.1) is 0 Å². The van der Waals surface area contributed by atoms with Gasteiger partial charge in [0.25, 0.3) is 0 Å². The van der Waals surface area contributed by atoms with Gasteiger partial charge in [-0.3, -0.25) is 0 Å². The first-order valence-electron chi connectivity index (χ1n) is 3.71. The van der Waals surface area contributed by atoms with E-state index in [0.717, 1.165) is 0 Å². The van der Waals surface area contributed by atoms with E-state index in [1.807, 2.05) is 13.8 Å². The maximum absolute atomic E-state index is 9.04. The molecule has 1 radical (unpaired) electrons. The van der Waals surface area contributed by atoms with E-state index in [-0.39, 0.29) is 26.3 Å². The molecular weight excluding hydrogens is 342 g/mol. The third-order valence-electron chi connectivity index (χ3n) is 1.20. The average Bonchev–Trinajstić information content (AvgIpc) is 2.57. The van der Waals surface area contributed by atoms with Gasteiger partial charge in [-0.1, -0.05) is 13.8 Å². The van der Waals surface area contributed by atoms with Crippen molar-refractivity contribution in [2.75, 3.05) is 0 Å². The molecule has 0 unspecified atom stereocenters. The zero-order valence-corrected chi connectivity index (χ0v) is 10.0. The second kappa shape index (κ2) is 5.62. The maximum atomic E-state index is 9.04. The number of aromatic hydroxyl groups is 1. The number of fused-ring (bicyclic) bond motifs is 1. The minimum Gasteiger partial charge on any atom is -0.492 e. The monoisotopic (exact) mass is 353 g/mol. The Hall–Kier alpha value is -0.988. The molecule has 6 heteroatoms. The van der Waals surface area contributed by atoms with E-state index in [4.69, 9.17) is 5.11 Å². The first-order chi connectivity index (χ1) is 5.88. The Morgan fingerprint density at radius 3 is 2.54 bits per heavy atom. The van der Waals surface area contributed by atoms with Crippen molar-refractivity contribution >= 4 is 11.2 Å². The first-order valence-corrected chi connectivity index (χ1v) is 3.71. The van der Waals surface area contributed by atoms with Crippen molar-refractivity contribution < 1.29 is 25.5 Å². The van der Waals surface area contributed by atoms with Gasteiger partial charge in [0.1, 0.15) is 11.8 Å². The molecule has 0 aliphatic carbocycles. The van der Waals surface area contributed by atoms with Crippen molar-refractivity contribution in [2.24, 2.45) is 0 Å². The summed E-state index contributed by atoms with van der Waals surface area (Å²) in [6, 6.07) is 0. The fourth-order valence-corrected chi connectivity index (χ4v) is 0.752. The van der Waals surface area contributed by atoms with E-state index in [2.05, 4.69) is 19.9 Å². The van der Waals surface area contributed by atoms with Gasteiger partial charge in [0, 0.05) is 20.4 Å². The second-order valence-electron chi connectivity index (χ2n) is 1.80. The number of aromatic nitrogens is 4. The van der Waals surface area contributed by atoms with Crippen LogP contribution in [-0.4, -0.2) is 25.0 Å². The molecular formula is C7H10N4ORe. The molecule has 0 fully saturated rings. The Balaban J connectivity index is 0.000000451. The molecule has 0 amide bonds. The van der Waals surface area contributed by atoms with Crippen LogP contribution in [-0.2, 0) is 20.4 Å². The minimum atomic E-state index is -0.0671. The number of hydrogen-bond acceptors (Lipinski definition) is 4. The zero-order valence-electron chi connectivity index (χ0n) is 7.32. The number of imidazole rings is 1. The van der Waals surface area contributed by atoms with Crippen molar-refractivity contribution in [3.8, 4) is 5.88 Å². The quantitative estimate of drug-likeness (QED) is 0.744. The Kier molecular flexibility index (Phi) is 5.20. The van der Waals surface area contributed by atoms with Crippen molar-refractivity contribution in [3.63, 3.8) is 0 Å². The number of H-pyrrole nitrogens is 1. The van der Waals surface area contributed by atoms with E-state index < -0.39 is 0 Å². The van der Waals surface area contributed by atoms with E-state index in [1.54, 1.807) is 0 Å². The van der Waals surface area contributed by atoms with Crippen LogP contribution in [0.25, 0.3) is 11.2 Å². The SMILES string of the molecule is CC.Oc1ncnc2nc[nH]c12.[Re]. The van der Waals surface area contributed by atoms with Gasteiger partial charge in [0.05, 0.1) is 6.33 Å². The third kappa shape index (κ3) is 2.47. The Labute approximate surface area is 89.3 Å². The standard InChI is InChI=1S/C5H4N4O.C2H6.Re/c10-5-3-4(7-1-6-3)8-2-9-5;1-2;/h1-2H,(H2,6,7,8,9,10);1-2H3;. The fourth-order valence-electron chi connectivity index (χ4n) is 0.752. The molecule has 0 saturated carbocycles. The van der Waals surface area contributed by atoms with Crippen molar-refractivity contribution in [3.05, 3.63) is 12.7 Å². The van der Waals surface area contributed by atoms with Gasteiger partial charge in [-0.05, 0) is 0 Å². The number of aromatic amines is 1. The van der Waals surface area contributed by atoms with Crippen LogP contribution < -0.4 is 0 Å². The minimum absolute atomic E-state index is 0. The van der Waals surface area contributed by atoms with Crippen LogP contribution in [0.2, 0.25) is 0 Å². The molecule has 0 aliphatic heterocycles. The van der Waals surface area contributed by atoms with E-state index in [1.165, 1.54) is 12.7 Å². The third-order valence-corrected chi connectivity index (χ3v) is 1.20. The summed E-state index contributed by atoms with van der Waals surface area (Å²) in [5.74, 6) is -0.0671. The molecule has 2 aromatic heterocycles. The van der Waals surface area contributed by atoms with Crippen LogP contribution in [0, 0.1) is 0 Å². The number of nitrogens with one attached hydrogen (secondary N) is 1. The second-order valence-corrected chi connectivity index (χ2v) is 1.80. The summed E-state index contributed by atoms with van der Waals surface area (Å²) in [6.45, 7) is 4.00. The summed E-state index contributed by atoms with van der Waals surface area (Å²) in [4.78, 5) is 13.9. The Bertz CT molecular complexity index is 362. The van der Waals surface area contributed by atoms with E-state index >= 15 is 0 Å². The van der Waals surface area contributed by atoms with Gasteiger partial charge >= 0.3 is 0 Å². The summed E-state index contributed by atoms with van der Waals surface area (Å²) >= 11 is 0. The molecule has 2 heterocycles. The van der Waals surface area contributed by atoms with Gasteiger partial charge < -0.3 is 10.1 Å². The largest absolute Gasteiger partial charge is 0.492 e. The number of hydrogen-bond donors (Lipinski definition) is 2. The molecule has 0 saturated heterocycles. The van der Waals surface area contributed by atoms with Crippen LogP contribution in [0.3, 0.4) is 0 Å². The Morgan fingerprint density at radius 1 is 1.23 bits per heavy atom. The molecule has 2 rings (SSSR count). The van der Waals surface area contributed by atoms with Crippen LogP contribution in [0.15, 0.2) is 12.7 Å². The molecule has 2 aromatic rings. The maximum Gasteiger partial charge on any atom is 0.240 e. The smallest absolute Gasteiger partial charge is 0.240 e. The summed E-state index contributed by atoms with van der Waals surface area (Å²) in [7, 11) is 0. The molecule has 0 aromatic carbocycles. The van der Waals surface area contributed by atoms with Gasteiger partial charge in [-0.25, -0.2) is 9.97 Å². The zero-order chi connectivity index (χ0) is 8.97. The summed E-state index contributed by atoms with van der Waals surface area (Å²) in [6.07, 6.45) is 2.72. The topological polar surface area (TPSA) is 74.7 Å². The fraction of sp³-hybridized carbons (Fsp3) is 0.286. The van der Waals surface area contributed by atoms with Crippen molar-refractivity contribution in [1.29, 1.82) is 0 Å². The molecule has 2 N–H and O–H groups in total. The summed E-state index contributed by atoms with van der Waals surface area (Å²) in [5.41, 5.74) is 0.954. The molecule has 0 bridgehead atoms. The predicted octanol–water partition coefficient (Wildman–Crippen LogP) is 1.08. The molecule has 71 valence electrons. The predicted molar refractivity (Wildman–Crippen MR) is 44.7 cm³/mol. The van der Waals surface area contributed by atoms with E-state index in [0.29, 0.717) is 11.2 Å². The van der Waals surface area contributed by atoms with Crippen molar-refractivity contribution in [1.82, 2.24) is 19.9 Å². The number of rotatable bonds is 0. The summed E-state index contributed by atoms with van der Waals surface area (Å²) < 4.78 is 0. The Morgan fingerprint density at radius 2 is 1.92 bits per heavy atom. The van der Waals surface area contributed by atoms with Crippen LogP contribution in [0.1, 0.15) is 13.8 Å². The van der Waals surface area contributed by atoms with Crippen LogP contribution in [0.4, 0.5) is 0 Å². The molecule has 13 heavy (non-hydrogen) atoms. The molecule has 0 spiro atoms. The van der Waals surface area contributed by atoms with Gasteiger partial charge in [0.15, 0.2) is 5.65 Å².